The molecule has 32 heavy (non-hydrogen) atoms. The first-order chi connectivity index (χ1) is 15.5. The number of carbonyl (C=O) groups excluding carboxylic acids is 2. The van der Waals surface area contributed by atoms with Gasteiger partial charge in [-0.15, -0.1) is 0 Å². The number of ether oxygens (including phenoxy) is 3. The molecule has 1 aliphatic rings. The number of halogens is 1. The minimum Gasteiger partial charge on any atom is -0.493 e. The van der Waals surface area contributed by atoms with Crippen LogP contribution in [0.2, 0.25) is 5.02 Å². The Morgan fingerprint density at radius 1 is 1.12 bits per heavy atom. The van der Waals surface area contributed by atoms with E-state index in [-0.39, 0.29) is 12.6 Å². The number of methoxy groups -OCH3 is 1. The monoisotopic (exact) mass is 458 g/mol. The molecule has 0 spiro atoms. The second-order valence-corrected chi connectivity index (χ2v) is 7.66. The maximum absolute atomic E-state index is 12.7. The number of hydrogen-bond acceptors (Lipinski definition) is 5. The summed E-state index contributed by atoms with van der Waals surface area (Å²) in [4.78, 5) is 25.0. The Kier molecular flexibility index (Phi) is 8.00. The molecule has 2 aromatic rings. The summed E-state index contributed by atoms with van der Waals surface area (Å²) in [7, 11) is 1.54. The molecule has 0 saturated carbocycles. The molecule has 0 saturated heterocycles. The van der Waals surface area contributed by atoms with Crippen molar-refractivity contribution in [2.24, 2.45) is 0 Å². The van der Waals surface area contributed by atoms with E-state index in [1.165, 1.54) is 7.11 Å². The van der Waals surface area contributed by atoms with E-state index in [9.17, 15) is 9.59 Å². The highest BCUT2D eigenvalue weighted by Gasteiger charge is 2.33. The number of rotatable bonds is 9. The van der Waals surface area contributed by atoms with Crippen LogP contribution in [-0.4, -0.2) is 25.7 Å². The van der Waals surface area contributed by atoms with Crippen molar-refractivity contribution in [1.29, 1.82) is 0 Å². The summed E-state index contributed by atoms with van der Waals surface area (Å²) in [6.45, 7) is 4.28. The molecule has 3 rings (SSSR count). The zero-order chi connectivity index (χ0) is 23.1. The molecular formula is C24H27ClN2O5. The molecule has 0 aromatic heterocycles. The lowest BCUT2D eigenvalue weighted by molar-refractivity contribution is -0.139. The summed E-state index contributed by atoms with van der Waals surface area (Å²) < 4.78 is 16.7. The minimum atomic E-state index is -0.666. The van der Waals surface area contributed by atoms with Crippen molar-refractivity contribution in [2.75, 3.05) is 13.7 Å². The molecular weight excluding hydrogens is 432 g/mol. The Morgan fingerprint density at radius 3 is 2.62 bits per heavy atom. The predicted octanol–water partition coefficient (Wildman–Crippen LogP) is 4.90. The summed E-state index contributed by atoms with van der Waals surface area (Å²) in [5.74, 6) is 0.554. The number of esters is 1. The fourth-order valence-corrected chi connectivity index (χ4v) is 3.75. The van der Waals surface area contributed by atoms with Crippen molar-refractivity contribution in [3.8, 4) is 11.5 Å². The Bertz CT molecular complexity index is 1020. The predicted molar refractivity (Wildman–Crippen MR) is 122 cm³/mol. The number of allylic oxidation sites excluding steroid dienone is 1. The third-order valence-electron chi connectivity index (χ3n) is 4.95. The van der Waals surface area contributed by atoms with E-state index in [1.54, 1.807) is 31.2 Å². The number of nitrogens with one attached hydrogen (secondary N) is 2. The molecule has 2 amide bonds. The largest absolute Gasteiger partial charge is 0.493 e. The molecule has 0 fully saturated rings. The summed E-state index contributed by atoms with van der Waals surface area (Å²) in [6.07, 6.45) is 1.32. The van der Waals surface area contributed by atoms with Gasteiger partial charge in [0.2, 0.25) is 0 Å². The summed E-state index contributed by atoms with van der Waals surface area (Å²) in [5, 5.41) is 6.21. The molecule has 1 aliphatic heterocycles. The van der Waals surface area contributed by atoms with Crippen LogP contribution in [0.4, 0.5) is 4.79 Å². The van der Waals surface area contributed by atoms with E-state index in [2.05, 4.69) is 10.6 Å². The molecule has 0 aliphatic carbocycles. The number of carbonyl (C=O) groups is 2. The molecule has 8 heteroatoms. The third-order valence-corrected chi connectivity index (χ3v) is 5.19. The fraction of sp³-hybridized carbons (Fsp3) is 0.333. The van der Waals surface area contributed by atoms with Gasteiger partial charge < -0.3 is 24.8 Å². The average molecular weight is 459 g/mol. The van der Waals surface area contributed by atoms with Gasteiger partial charge >= 0.3 is 12.0 Å². The number of amides is 2. The second kappa shape index (κ2) is 10.9. The quantitative estimate of drug-likeness (QED) is 0.522. The third kappa shape index (κ3) is 5.53. The van der Waals surface area contributed by atoms with Crippen LogP contribution in [0, 0.1) is 0 Å². The second-order valence-electron chi connectivity index (χ2n) is 7.22. The van der Waals surface area contributed by atoms with E-state index >= 15 is 0 Å². The Morgan fingerprint density at radius 2 is 1.94 bits per heavy atom. The highest BCUT2D eigenvalue weighted by molar-refractivity contribution is 6.30. The fourth-order valence-electron chi connectivity index (χ4n) is 3.54. The highest BCUT2D eigenvalue weighted by atomic mass is 35.5. The van der Waals surface area contributed by atoms with Crippen LogP contribution in [0.1, 0.15) is 43.9 Å². The van der Waals surface area contributed by atoms with E-state index in [1.807, 2.05) is 25.1 Å². The van der Waals surface area contributed by atoms with Crippen molar-refractivity contribution < 1.29 is 23.8 Å². The number of urea groups is 1. The van der Waals surface area contributed by atoms with Crippen LogP contribution in [0.25, 0.3) is 0 Å². The van der Waals surface area contributed by atoms with Gasteiger partial charge in [0.05, 0.1) is 25.3 Å². The molecule has 7 nitrogen and oxygen atoms in total. The number of hydrogen-bond donors (Lipinski definition) is 2. The number of benzene rings is 2. The Hall–Kier alpha value is -3.19. The standard InChI is InChI=1S/C24H27ClN2O5/c1-4-7-18-21(23(28)31-5-2)22(27-24(29)26-18)16-10-11-19(20(13-16)30-3)32-14-15-8-6-9-17(25)12-15/h6,8-13,22H,4-5,7,14H2,1-3H3,(H2,26,27,29). The molecule has 0 radical (unpaired) electrons. The van der Waals surface area contributed by atoms with E-state index < -0.39 is 12.0 Å². The molecule has 0 bridgehead atoms. The van der Waals surface area contributed by atoms with E-state index in [0.29, 0.717) is 46.4 Å². The van der Waals surface area contributed by atoms with Gasteiger partial charge in [-0.1, -0.05) is 43.1 Å². The van der Waals surface area contributed by atoms with Gasteiger partial charge in [0.15, 0.2) is 11.5 Å². The van der Waals surface area contributed by atoms with Crippen LogP contribution in [-0.2, 0) is 16.1 Å². The zero-order valence-corrected chi connectivity index (χ0v) is 19.1. The maximum atomic E-state index is 12.7. The zero-order valence-electron chi connectivity index (χ0n) is 18.4. The highest BCUT2D eigenvalue weighted by Crippen LogP contribution is 2.35. The summed E-state index contributed by atoms with van der Waals surface area (Å²) in [6, 6.07) is 11.7. The molecule has 1 atom stereocenters. The van der Waals surface area contributed by atoms with Crippen molar-refractivity contribution >= 4 is 23.6 Å². The lowest BCUT2D eigenvalue weighted by Crippen LogP contribution is -2.46. The molecule has 1 heterocycles. The van der Waals surface area contributed by atoms with Gasteiger partial charge in [0, 0.05) is 10.7 Å². The van der Waals surface area contributed by atoms with Gasteiger partial charge in [-0.05, 0) is 48.7 Å². The van der Waals surface area contributed by atoms with Crippen LogP contribution in [0.3, 0.4) is 0 Å². The van der Waals surface area contributed by atoms with Gasteiger partial charge in [0.25, 0.3) is 0 Å². The van der Waals surface area contributed by atoms with Gasteiger partial charge in [-0.3, -0.25) is 0 Å². The first-order valence-electron chi connectivity index (χ1n) is 10.5. The summed E-state index contributed by atoms with van der Waals surface area (Å²) >= 11 is 6.04. The molecule has 2 N–H and O–H groups in total. The van der Waals surface area contributed by atoms with Crippen molar-refractivity contribution in [3.63, 3.8) is 0 Å². The molecule has 2 aromatic carbocycles. The Balaban J connectivity index is 1.91. The lowest BCUT2D eigenvalue weighted by atomic mass is 9.93. The van der Waals surface area contributed by atoms with Crippen molar-refractivity contribution in [2.45, 2.75) is 39.3 Å². The lowest BCUT2D eigenvalue weighted by Gasteiger charge is -2.29. The van der Waals surface area contributed by atoms with Crippen LogP contribution in [0.15, 0.2) is 53.7 Å². The van der Waals surface area contributed by atoms with Crippen LogP contribution < -0.4 is 20.1 Å². The SMILES string of the molecule is CCCC1=C(C(=O)OCC)C(c2ccc(OCc3cccc(Cl)c3)c(OC)c2)NC(=O)N1. The van der Waals surface area contributed by atoms with Gasteiger partial charge in [0.1, 0.15) is 6.61 Å². The van der Waals surface area contributed by atoms with Crippen molar-refractivity contribution in [3.05, 3.63) is 69.9 Å². The smallest absolute Gasteiger partial charge is 0.338 e. The first-order valence-corrected chi connectivity index (χ1v) is 10.9. The van der Waals surface area contributed by atoms with Crippen molar-refractivity contribution in [1.82, 2.24) is 10.6 Å². The minimum absolute atomic E-state index is 0.238. The van der Waals surface area contributed by atoms with E-state index in [4.69, 9.17) is 25.8 Å². The first kappa shape index (κ1) is 23.5. The molecule has 170 valence electrons. The maximum Gasteiger partial charge on any atom is 0.338 e. The Labute approximate surface area is 192 Å². The average Bonchev–Trinajstić information content (AvgIpc) is 2.77. The van der Waals surface area contributed by atoms with Gasteiger partial charge in [-0.2, -0.15) is 0 Å². The van der Waals surface area contributed by atoms with Crippen LogP contribution in [0.5, 0.6) is 11.5 Å². The van der Waals surface area contributed by atoms with Gasteiger partial charge in [-0.25, -0.2) is 9.59 Å². The summed E-state index contributed by atoms with van der Waals surface area (Å²) in [5.41, 5.74) is 2.57. The van der Waals surface area contributed by atoms with E-state index in [0.717, 1.165) is 12.0 Å². The topological polar surface area (TPSA) is 85.9 Å². The normalized spacial score (nSPS) is 15.6. The van der Waals surface area contributed by atoms with Crippen LogP contribution >= 0.6 is 11.6 Å². The molecule has 1 unspecified atom stereocenters.